The molecule has 0 spiro atoms. The molecule has 3 N–H and O–H groups in total. The van der Waals surface area contributed by atoms with E-state index in [1.54, 1.807) is 11.8 Å². The van der Waals surface area contributed by atoms with Crippen LogP contribution in [0.3, 0.4) is 0 Å². The lowest BCUT2D eigenvalue weighted by atomic mass is 9.98. The Hall–Kier alpha value is -1.48. The lowest BCUT2D eigenvalue weighted by Crippen LogP contribution is -2.54. The molecule has 0 aromatic rings. The first-order valence-corrected chi connectivity index (χ1v) is 12.5. The number of esters is 1. The number of amides is 2. The average molecular weight is 462 g/mol. The number of methoxy groups -OCH3 is 1. The van der Waals surface area contributed by atoms with Gasteiger partial charge in [0.05, 0.1) is 13.2 Å². The molecule has 0 aliphatic carbocycles. The second-order valence-corrected chi connectivity index (χ2v) is 9.74. The van der Waals surface area contributed by atoms with Crippen LogP contribution in [0.25, 0.3) is 0 Å². The quantitative estimate of drug-likeness (QED) is 0.341. The molecule has 0 heterocycles. The first kappa shape index (κ1) is 29.5. The van der Waals surface area contributed by atoms with Gasteiger partial charge < -0.3 is 25.4 Å². The number of hydrogen-bond acceptors (Lipinski definition) is 7. The number of alkyl carbamates (subject to hydrolysis) is 1. The SMILES string of the molecule is CCC[C@H](NC[C@@H](NC(=O)OC(C)(C)C)[C@@H](C)CC)C(=O)N[C@@H](CCSC)C(=O)OC. The van der Waals surface area contributed by atoms with E-state index < -0.39 is 29.7 Å². The van der Waals surface area contributed by atoms with Crippen molar-refractivity contribution in [3.05, 3.63) is 0 Å². The Morgan fingerprint density at radius 2 is 1.68 bits per heavy atom. The summed E-state index contributed by atoms with van der Waals surface area (Å²) in [4.78, 5) is 37.2. The molecule has 182 valence electrons. The second kappa shape index (κ2) is 15.3. The Kier molecular flexibility index (Phi) is 14.6. The van der Waals surface area contributed by atoms with Crippen LogP contribution >= 0.6 is 11.8 Å². The van der Waals surface area contributed by atoms with Crippen molar-refractivity contribution in [2.45, 2.75) is 91.0 Å². The van der Waals surface area contributed by atoms with Gasteiger partial charge in [-0.15, -0.1) is 0 Å². The van der Waals surface area contributed by atoms with Gasteiger partial charge in [-0.25, -0.2) is 9.59 Å². The third-order valence-electron chi connectivity index (χ3n) is 4.92. The third kappa shape index (κ3) is 12.8. The summed E-state index contributed by atoms with van der Waals surface area (Å²) < 4.78 is 10.2. The van der Waals surface area contributed by atoms with Gasteiger partial charge in [0.1, 0.15) is 11.6 Å². The number of carbonyl (C=O) groups is 3. The first-order chi connectivity index (χ1) is 14.5. The van der Waals surface area contributed by atoms with E-state index in [4.69, 9.17) is 9.47 Å². The monoisotopic (exact) mass is 461 g/mol. The molecule has 0 aliphatic rings. The maximum Gasteiger partial charge on any atom is 0.407 e. The molecule has 0 rings (SSSR count). The highest BCUT2D eigenvalue weighted by atomic mass is 32.2. The molecule has 8 nitrogen and oxygen atoms in total. The number of thioether (sulfide) groups is 1. The molecule has 0 aromatic carbocycles. The predicted molar refractivity (Wildman–Crippen MR) is 126 cm³/mol. The zero-order valence-electron chi connectivity index (χ0n) is 20.5. The summed E-state index contributed by atoms with van der Waals surface area (Å²) >= 11 is 1.61. The average Bonchev–Trinajstić information content (AvgIpc) is 2.70. The highest BCUT2D eigenvalue weighted by Gasteiger charge is 2.28. The fourth-order valence-electron chi connectivity index (χ4n) is 2.92. The summed E-state index contributed by atoms with van der Waals surface area (Å²) in [6.07, 6.45) is 4.26. The van der Waals surface area contributed by atoms with Gasteiger partial charge in [0.15, 0.2) is 0 Å². The molecule has 0 aromatic heterocycles. The van der Waals surface area contributed by atoms with Crippen LogP contribution in [-0.4, -0.2) is 67.4 Å². The largest absolute Gasteiger partial charge is 0.467 e. The summed E-state index contributed by atoms with van der Waals surface area (Å²) in [5.41, 5.74) is -0.582. The van der Waals surface area contributed by atoms with Crippen molar-refractivity contribution in [1.82, 2.24) is 16.0 Å². The Balaban J connectivity index is 5.13. The van der Waals surface area contributed by atoms with Crippen molar-refractivity contribution in [3.63, 3.8) is 0 Å². The number of hydrogen-bond donors (Lipinski definition) is 3. The van der Waals surface area contributed by atoms with Crippen LogP contribution in [0.5, 0.6) is 0 Å². The van der Waals surface area contributed by atoms with E-state index in [1.807, 2.05) is 40.9 Å². The van der Waals surface area contributed by atoms with E-state index in [2.05, 4.69) is 22.9 Å². The van der Waals surface area contributed by atoms with Crippen molar-refractivity contribution in [1.29, 1.82) is 0 Å². The molecule has 9 heteroatoms. The molecule has 0 saturated carbocycles. The fourth-order valence-corrected chi connectivity index (χ4v) is 3.39. The molecule has 0 aliphatic heterocycles. The number of carbonyl (C=O) groups excluding carboxylic acids is 3. The smallest absolute Gasteiger partial charge is 0.407 e. The van der Waals surface area contributed by atoms with Crippen LogP contribution in [0.4, 0.5) is 4.79 Å². The molecule has 0 radical (unpaired) electrons. The topological polar surface area (TPSA) is 106 Å². The van der Waals surface area contributed by atoms with Crippen molar-refractivity contribution in [2.24, 2.45) is 5.92 Å². The van der Waals surface area contributed by atoms with E-state index in [9.17, 15) is 14.4 Å². The Morgan fingerprint density at radius 3 is 2.16 bits per heavy atom. The van der Waals surface area contributed by atoms with Crippen LogP contribution in [0.15, 0.2) is 0 Å². The minimum atomic E-state index is -0.670. The fraction of sp³-hybridized carbons (Fsp3) is 0.864. The van der Waals surface area contributed by atoms with E-state index in [1.165, 1.54) is 7.11 Å². The molecule has 0 bridgehead atoms. The molecule has 2 amide bonds. The zero-order chi connectivity index (χ0) is 24.0. The van der Waals surface area contributed by atoms with Crippen molar-refractivity contribution < 1.29 is 23.9 Å². The third-order valence-corrected chi connectivity index (χ3v) is 5.57. The van der Waals surface area contributed by atoms with E-state index in [0.717, 1.165) is 18.6 Å². The second-order valence-electron chi connectivity index (χ2n) is 8.75. The summed E-state index contributed by atoms with van der Waals surface area (Å²) in [5, 5.41) is 9.03. The maximum absolute atomic E-state index is 12.9. The highest BCUT2D eigenvalue weighted by Crippen LogP contribution is 2.12. The van der Waals surface area contributed by atoms with Crippen LogP contribution < -0.4 is 16.0 Å². The first-order valence-electron chi connectivity index (χ1n) is 11.1. The van der Waals surface area contributed by atoms with Crippen LogP contribution in [-0.2, 0) is 19.1 Å². The molecule has 0 saturated heterocycles. The van der Waals surface area contributed by atoms with Crippen LogP contribution in [0.1, 0.15) is 67.2 Å². The maximum atomic E-state index is 12.9. The van der Waals surface area contributed by atoms with Gasteiger partial charge in [-0.2, -0.15) is 11.8 Å². The van der Waals surface area contributed by atoms with Crippen LogP contribution in [0.2, 0.25) is 0 Å². The molecule has 31 heavy (non-hydrogen) atoms. The predicted octanol–water partition coefficient (Wildman–Crippen LogP) is 3.10. The van der Waals surface area contributed by atoms with Gasteiger partial charge >= 0.3 is 12.1 Å². The van der Waals surface area contributed by atoms with Gasteiger partial charge in [0.2, 0.25) is 5.91 Å². The van der Waals surface area contributed by atoms with Gasteiger partial charge in [-0.3, -0.25) is 4.79 Å². The summed E-state index contributed by atoms with van der Waals surface area (Å²) in [6, 6.07) is -1.34. The number of ether oxygens (including phenoxy) is 2. The molecular formula is C22H43N3O5S. The Labute approximate surface area is 192 Å². The van der Waals surface area contributed by atoms with Crippen molar-refractivity contribution in [3.8, 4) is 0 Å². The molecular weight excluding hydrogens is 418 g/mol. The van der Waals surface area contributed by atoms with Crippen molar-refractivity contribution >= 4 is 29.7 Å². The standard InChI is InChI=1S/C22H43N3O5S/c1-9-11-16(19(26)24-17(12-13-31-8)20(27)29-7)23-14-18(15(3)10-2)25-21(28)30-22(4,5)6/h15-18,23H,9-14H2,1-8H3,(H,24,26)(H,25,28)/t15-,16-,17-,18+/m0/s1. The van der Waals surface area contributed by atoms with Gasteiger partial charge in [-0.1, -0.05) is 33.6 Å². The van der Waals surface area contributed by atoms with Gasteiger partial charge in [-0.05, 0) is 51.5 Å². The normalized spacial score (nSPS) is 15.4. The number of nitrogens with one attached hydrogen (secondary N) is 3. The highest BCUT2D eigenvalue weighted by molar-refractivity contribution is 7.98. The lowest BCUT2D eigenvalue weighted by molar-refractivity contribution is -0.145. The molecule has 0 fully saturated rings. The summed E-state index contributed by atoms with van der Waals surface area (Å²) in [5.74, 6) is 0.247. The molecule has 4 atom stereocenters. The Morgan fingerprint density at radius 1 is 1.03 bits per heavy atom. The summed E-state index contributed by atoms with van der Waals surface area (Å²) in [6.45, 7) is 12.0. The molecule has 0 unspecified atom stereocenters. The van der Waals surface area contributed by atoms with Gasteiger partial charge in [0.25, 0.3) is 0 Å². The van der Waals surface area contributed by atoms with Crippen LogP contribution in [0, 0.1) is 5.92 Å². The van der Waals surface area contributed by atoms with Crippen molar-refractivity contribution in [2.75, 3.05) is 25.7 Å². The van der Waals surface area contributed by atoms with E-state index in [-0.39, 0.29) is 17.9 Å². The lowest BCUT2D eigenvalue weighted by Gasteiger charge is -2.29. The Bertz CT molecular complexity index is 554. The zero-order valence-corrected chi connectivity index (χ0v) is 21.3. The summed E-state index contributed by atoms with van der Waals surface area (Å²) in [7, 11) is 1.32. The number of rotatable bonds is 14. The minimum Gasteiger partial charge on any atom is -0.467 e. The van der Waals surface area contributed by atoms with E-state index in [0.29, 0.717) is 19.4 Å². The minimum absolute atomic E-state index is 0.190. The van der Waals surface area contributed by atoms with E-state index >= 15 is 0 Å². The van der Waals surface area contributed by atoms with Gasteiger partial charge in [0, 0.05) is 12.6 Å².